The maximum Gasteiger partial charge on any atom is 0.0516 e. The Morgan fingerprint density at radius 1 is 1.29 bits per heavy atom. The molecule has 0 aliphatic carbocycles. The topological polar surface area (TPSA) is 38.0 Å². The number of hydrogen-bond acceptors (Lipinski definition) is 4. The van der Waals surface area contributed by atoms with Crippen molar-refractivity contribution >= 4 is 22.7 Å². The molecule has 0 fully saturated rings. The number of rotatable bonds is 6. The predicted molar refractivity (Wildman–Crippen MR) is 76.7 cm³/mol. The molecule has 0 spiro atoms. The fourth-order valence-corrected chi connectivity index (χ4v) is 3.46. The third-order valence-electron chi connectivity index (χ3n) is 2.78. The molecule has 0 bridgehead atoms. The van der Waals surface area contributed by atoms with Crippen LogP contribution in [0.2, 0.25) is 0 Å². The number of thiophene rings is 2. The summed E-state index contributed by atoms with van der Waals surface area (Å²) < 4.78 is 0. The van der Waals surface area contributed by atoms with Crippen LogP contribution in [0.1, 0.15) is 28.3 Å². The zero-order chi connectivity index (χ0) is 12.1. The summed E-state index contributed by atoms with van der Waals surface area (Å²) in [5, 5.41) is 7.68. The Bertz CT molecular complexity index is 434. The minimum absolute atomic E-state index is 0.111. The molecule has 0 radical (unpaired) electrons. The van der Waals surface area contributed by atoms with Gasteiger partial charge in [0.05, 0.1) is 6.04 Å². The first-order valence-corrected chi connectivity index (χ1v) is 7.62. The largest absolute Gasteiger partial charge is 0.322 e. The maximum atomic E-state index is 6.10. The van der Waals surface area contributed by atoms with E-state index in [0.717, 1.165) is 19.5 Å². The molecule has 3 N–H and O–H groups in total. The molecule has 1 unspecified atom stereocenters. The van der Waals surface area contributed by atoms with E-state index in [1.165, 1.54) is 15.3 Å². The van der Waals surface area contributed by atoms with Crippen LogP contribution in [0.4, 0.5) is 0 Å². The molecule has 2 aromatic heterocycles. The SMILES string of the molecule is CCc1ccsc1CNCC(N)c1cccs1. The summed E-state index contributed by atoms with van der Waals surface area (Å²) in [7, 11) is 0. The van der Waals surface area contributed by atoms with Gasteiger partial charge in [-0.25, -0.2) is 0 Å². The van der Waals surface area contributed by atoms with Crippen LogP contribution in [0, 0.1) is 0 Å². The van der Waals surface area contributed by atoms with Crippen LogP contribution >= 0.6 is 22.7 Å². The van der Waals surface area contributed by atoms with Crippen molar-refractivity contribution in [1.82, 2.24) is 5.32 Å². The van der Waals surface area contributed by atoms with Gasteiger partial charge in [-0.1, -0.05) is 13.0 Å². The van der Waals surface area contributed by atoms with Crippen molar-refractivity contribution < 1.29 is 0 Å². The van der Waals surface area contributed by atoms with Crippen LogP contribution in [0.3, 0.4) is 0 Å². The van der Waals surface area contributed by atoms with E-state index < -0.39 is 0 Å². The number of aryl methyl sites for hydroxylation is 1. The highest BCUT2D eigenvalue weighted by Gasteiger charge is 2.07. The van der Waals surface area contributed by atoms with Gasteiger partial charge in [-0.05, 0) is 34.9 Å². The lowest BCUT2D eigenvalue weighted by atomic mass is 10.2. The summed E-state index contributed by atoms with van der Waals surface area (Å²) in [6.45, 7) is 3.96. The van der Waals surface area contributed by atoms with Gasteiger partial charge in [0, 0.05) is 22.8 Å². The minimum Gasteiger partial charge on any atom is -0.322 e. The molecule has 92 valence electrons. The first kappa shape index (κ1) is 12.8. The molecule has 0 saturated carbocycles. The Kier molecular flexibility index (Phi) is 4.74. The van der Waals surface area contributed by atoms with Crippen LogP contribution in [0.5, 0.6) is 0 Å². The second-order valence-electron chi connectivity index (χ2n) is 3.98. The normalized spacial score (nSPS) is 12.8. The Morgan fingerprint density at radius 2 is 2.18 bits per heavy atom. The maximum absolute atomic E-state index is 6.10. The van der Waals surface area contributed by atoms with Gasteiger partial charge < -0.3 is 11.1 Å². The smallest absolute Gasteiger partial charge is 0.0516 e. The van der Waals surface area contributed by atoms with Gasteiger partial charge in [-0.3, -0.25) is 0 Å². The first-order chi connectivity index (χ1) is 8.31. The monoisotopic (exact) mass is 266 g/mol. The van der Waals surface area contributed by atoms with E-state index >= 15 is 0 Å². The predicted octanol–water partition coefficient (Wildman–Crippen LogP) is 3.16. The van der Waals surface area contributed by atoms with Gasteiger partial charge in [0.15, 0.2) is 0 Å². The highest BCUT2D eigenvalue weighted by Crippen LogP contribution is 2.18. The lowest BCUT2D eigenvalue weighted by molar-refractivity contribution is 0.606. The molecule has 4 heteroatoms. The van der Waals surface area contributed by atoms with Gasteiger partial charge in [-0.2, -0.15) is 0 Å². The quantitative estimate of drug-likeness (QED) is 0.843. The summed E-state index contributed by atoms with van der Waals surface area (Å²) in [5.74, 6) is 0. The van der Waals surface area contributed by atoms with E-state index in [9.17, 15) is 0 Å². The molecule has 2 nitrogen and oxygen atoms in total. The fraction of sp³-hybridized carbons (Fsp3) is 0.385. The van der Waals surface area contributed by atoms with Crippen molar-refractivity contribution in [2.45, 2.75) is 25.9 Å². The fourth-order valence-electron chi connectivity index (χ4n) is 1.78. The molecule has 2 aromatic rings. The third kappa shape index (κ3) is 3.39. The van der Waals surface area contributed by atoms with E-state index in [1.54, 1.807) is 11.3 Å². The van der Waals surface area contributed by atoms with Crippen molar-refractivity contribution in [2.24, 2.45) is 5.73 Å². The van der Waals surface area contributed by atoms with Gasteiger partial charge in [-0.15, -0.1) is 22.7 Å². The number of hydrogen-bond donors (Lipinski definition) is 2. The summed E-state index contributed by atoms with van der Waals surface area (Å²) in [5.41, 5.74) is 7.55. The van der Waals surface area contributed by atoms with Crippen molar-refractivity contribution in [3.8, 4) is 0 Å². The Morgan fingerprint density at radius 3 is 2.88 bits per heavy atom. The highest BCUT2D eigenvalue weighted by molar-refractivity contribution is 7.10. The van der Waals surface area contributed by atoms with Crippen LogP contribution in [-0.2, 0) is 13.0 Å². The molecule has 2 heterocycles. The van der Waals surface area contributed by atoms with E-state index in [1.807, 2.05) is 17.4 Å². The van der Waals surface area contributed by atoms with Gasteiger partial charge in [0.2, 0.25) is 0 Å². The first-order valence-electron chi connectivity index (χ1n) is 5.86. The van der Waals surface area contributed by atoms with E-state index in [-0.39, 0.29) is 6.04 Å². The average Bonchev–Trinajstić information content (AvgIpc) is 2.99. The van der Waals surface area contributed by atoms with Crippen LogP contribution in [0.25, 0.3) is 0 Å². The number of nitrogens with one attached hydrogen (secondary N) is 1. The molecule has 0 aromatic carbocycles. The molecule has 2 rings (SSSR count). The molecule has 17 heavy (non-hydrogen) atoms. The average molecular weight is 266 g/mol. The lowest BCUT2D eigenvalue weighted by Crippen LogP contribution is -2.25. The molecule has 0 saturated heterocycles. The van der Waals surface area contributed by atoms with Gasteiger partial charge in [0.1, 0.15) is 0 Å². The molecule has 1 atom stereocenters. The van der Waals surface area contributed by atoms with Crippen molar-refractivity contribution in [2.75, 3.05) is 6.54 Å². The molecule has 0 amide bonds. The molecule has 0 aliphatic rings. The van der Waals surface area contributed by atoms with Crippen LogP contribution in [-0.4, -0.2) is 6.54 Å². The van der Waals surface area contributed by atoms with Gasteiger partial charge >= 0.3 is 0 Å². The molecular formula is C13H18N2S2. The highest BCUT2D eigenvalue weighted by atomic mass is 32.1. The van der Waals surface area contributed by atoms with E-state index in [2.05, 4.69) is 35.1 Å². The summed E-state index contributed by atoms with van der Waals surface area (Å²) in [6.07, 6.45) is 1.11. The lowest BCUT2D eigenvalue weighted by Gasteiger charge is -2.11. The zero-order valence-electron chi connectivity index (χ0n) is 9.98. The molecular weight excluding hydrogens is 248 g/mol. The standard InChI is InChI=1S/C13H18N2S2/c1-2-10-5-7-17-13(10)9-15-8-11(14)12-4-3-6-16-12/h3-7,11,15H,2,8-9,14H2,1H3. The van der Waals surface area contributed by atoms with Crippen molar-refractivity contribution in [3.05, 3.63) is 44.3 Å². The van der Waals surface area contributed by atoms with E-state index in [0.29, 0.717) is 0 Å². The molecule has 0 aliphatic heterocycles. The third-order valence-corrected chi connectivity index (χ3v) is 4.74. The minimum atomic E-state index is 0.111. The van der Waals surface area contributed by atoms with Crippen molar-refractivity contribution in [3.63, 3.8) is 0 Å². The summed E-state index contributed by atoms with van der Waals surface area (Å²) >= 11 is 3.55. The Labute approximate surface area is 110 Å². The summed E-state index contributed by atoms with van der Waals surface area (Å²) in [4.78, 5) is 2.69. The Balaban J connectivity index is 1.80. The van der Waals surface area contributed by atoms with E-state index in [4.69, 9.17) is 5.73 Å². The Hall–Kier alpha value is -0.680. The zero-order valence-corrected chi connectivity index (χ0v) is 11.6. The van der Waals surface area contributed by atoms with Crippen LogP contribution in [0.15, 0.2) is 29.0 Å². The van der Waals surface area contributed by atoms with Crippen molar-refractivity contribution in [1.29, 1.82) is 0 Å². The number of nitrogens with two attached hydrogens (primary N) is 1. The summed E-state index contributed by atoms with van der Waals surface area (Å²) in [6, 6.07) is 6.47. The second kappa shape index (κ2) is 6.31. The van der Waals surface area contributed by atoms with Crippen LogP contribution < -0.4 is 11.1 Å². The second-order valence-corrected chi connectivity index (χ2v) is 5.96. The van der Waals surface area contributed by atoms with Gasteiger partial charge in [0.25, 0.3) is 0 Å².